The zero-order valence-corrected chi connectivity index (χ0v) is 12.0. The van der Waals surface area contributed by atoms with Gasteiger partial charge in [0.2, 0.25) is 0 Å². The van der Waals surface area contributed by atoms with Crippen molar-refractivity contribution < 1.29 is 4.74 Å². The molecule has 0 spiro atoms. The predicted molar refractivity (Wildman–Crippen MR) is 80.1 cm³/mol. The average molecular weight is 299 g/mol. The molecule has 21 heavy (non-hydrogen) atoms. The van der Waals surface area contributed by atoms with Crippen molar-refractivity contribution in [3.05, 3.63) is 41.6 Å². The van der Waals surface area contributed by atoms with Crippen molar-refractivity contribution in [2.75, 3.05) is 7.11 Å². The summed E-state index contributed by atoms with van der Waals surface area (Å²) in [5.41, 5.74) is 2.09. The summed E-state index contributed by atoms with van der Waals surface area (Å²) < 4.78 is 7.12. The first-order valence-corrected chi connectivity index (χ1v) is 6.64. The van der Waals surface area contributed by atoms with Gasteiger partial charge in [-0.15, -0.1) is 0 Å². The second-order valence-corrected chi connectivity index (χ2v) is 4.81. The zero-order chi connectivity index (χ0) is 14.8. The number of para-hydroxylation sites is 1. The quantitative estimate of drug-likeness (QED) is 0.744. The number of pyridine rings is 1. The molecule has 0 atom stereocenters. The number of imidazole rings is 1. The Morgan fingerprint density at radius 3 is 2.95 bits per heavy atom. The number of rotatable bonds is 3. The van der Waals surface area contributed by atoms with E-state index in [9.17, 15) is 0 Å². The van der Waals surface area contributed by atoms with Gasteiger partial charge in [-0.2, -0.15) is 5.26 Å². The molecule has 0 saturated carbocycles. The lowest BCUT2D eigenvalue weighted by molar-refractivity contribution is 0.416. The van der Waals surface area contributed by atoms with E-state index in [1.807, 2.05) is 24.3 Å². The van der Waals surface area contributed by atoms with Crippen molar-refractivity contribution in [2.24, 2.45) is 0 Å². The summed E-state index contributed by atoms with van der Waals surface area (Å²) in [5, 5.41) is 9.58. The van der Waals surface area contributed by atoms with Gasteiger partial charge in [0.1, 0.15) is 23.6 Å². The van der Waals surface area contributed by atoms with Gasteiger partial charge in [0, 0.05) is 6.20 Å². The Morgan fingerprint density at radius 1 is 1.38 bits per heavy atom. The lowest BCUT2D eigenvalue weighted by atomic mass is 10.2. The van der Waals surface area contributed by atoms with Crippen molar-refractivity contribution in [3.8, 4) is 23.2 Å². The number of aromatic nitrogens is 3. The maximum atomic E-state index is 9.07. The number of benzene rings is 1. The second-order valence-electron chi connectivity index (χ2n) is 4.38. The second kappa shape index (κ2) is 5.43. The molecule has 6 heteroatoms. The molecule has 5 nitrogen and oxygen atoms in total. The summed E-state index contributed by atoms with van der Waals surface area (Å²) in [6.45, 7) is 0.151. The molecular formula is C15H11ClN4O. The largest absolute Gasteiger partial charge is 0.496 e. The van der Waals surface area contributed by atoms with Crippen LogP contribution in [-0.2, 0) is 6.54 Å². The molecule has 0 aliphatic rings. The summed E-state index contributed by atoms with van der Waals surface area (Å²) in [7, 11) is 1.60. The first-order valence-electron chi connectivity index (χ1n) is 6.26. The molecule has 0 N–H and O–H groups in total. The molecule has 2 aromatic heterocycles. The van der Waals surface area contributed by atoms with E-state index < -0.39 is 0 Å². The van der Waals surface area contributed by atoms with Gasteiger partial charge in [-0.1, -0.05) is 23.7 Å². The van der Waals surface area contributed by atoms with E-state index >= 15 is 0 Å². The normalized spacial score (nSPS) is 10.5. The third-order valence-corrected chi connectivity index (χ3v) is 3.33. The minimum atomic E-state index is 0.151. The number of hydrogen-bond acceptors (Lipinski definition) is 4. The molecule has 104 valence electrons. The van der Waals surface area contributed by atoms with Crippen LogP contribution in [0.2, 0.25) is 5.02 Å². The third kappa shape index (κ3) is 2.30. The fourth-order valence-electron chi connectivity index (χ4n) is 2.24. The minimum Gasteiger partial charge on any atom is -0.496 e. The number of methoxy groups -OCH3 is 1. The fourth-order valence-corrected chi connectivity index (χ4v) is 2.39. The Hall–Kier alpha value is -2.58. The van der Waals surface area contributed by atoms with Crippen LogP contribution in [0.4, 0.5) is 0 Å². The van der Waals surface area contributed by atoms with Gasteiger partial charge in [-0.05, 0) is 18.2 Å². The van der Waals surface area contributed by atoms with Gasteiger partial charge < -0.3 is 4.74 Å². The van der Waals surface area contributed by atoms with Gasteiger partial charge in [-0.3, -0.25) is 4.57 Å². The van der Waals surface area contributed by atoms with Crippen molar-refractivity contribution in [1.82, 2.24) is 14.5 Å². The molecule has 2 heterocycles. The smallest absolute Gasteiger partial charge is 0.161 e. The lowest BCUT2D eigenvalue weighted by Gasteiger charge is -2.08. The van der Waals surface area contributed by atoms with Gasteiger partial charge in [0.15, 0.2) is 5.65 Å². The molecule has 0 fully saturated rings. The molecule has 0 aliphatic heterocycles. The first-order chi connectivity index (χ1) is 10.2. The molecule has 1 aromatic carbocycles. The van der Waals surface area contributed by atoms with Gasteiger partial charge in [-0.25, -0.2) is 9.97 Å². The maximum Gasteiger partial charge on any atom is 0.161 e. The highest BCUT2D eigenvalue weighted by Gasteiger charge is 2.16. The Balaban J connectivity index is 2.31. The van der Waals surface area contributed by atoms with Crippen LogP contribution < -0.4 is 4.74 Å². The summed E-state index contributed by atoms with van der Waals surface area (Å²) in [4.78, 5) is 8.83. The van der Waals surface area contributed by atoms with Gasteiger partial charge >= 0.3 is 0 Å². The Bertz CT molecular complexity index is 850. The van der Waals surface area contributed by atoms with Crippen molar-refractivity contribution >= 4 is 22.8 Å². The van der Waals surface area contributed by atoms with E-state index in [-0.39, 0.29) is 6.54 Å². The number of halogens is 1. The lowest BCUT2D eigenvalue weighted by Crippen LogP contribution is -2.01. The third-order valence-electron chi connectivity index (χ3n) is 3.13. The average Bonchev–Trinajstić information content (AvgIpc) is 2.85. The van der Waals surface area contributed by atoms with E-state index in [1.165, 1.54) is 0 Å². The van der Waals surface area contributed by atoms with Crippen LogP contribution in [0.25, 0.3) is 22.6 Å². The Morgan fingerprint density at radius 2 is 2.19 bits per heavy atom. The van der Waals surface area contributed by atoms with E-state index in [4.69, 9.17) is 21.6 Å². The number of nitrogens with zero attached hydrogens (tertiary/aromatic N) is 4. The standard InChI is InChI=1S/C15H11ClN4O/c1-21-13-5-3-2-4-11(13)14-19-12-8-10(16)9-18-15(12)20(14)7-6-17/h2-5,8-9H,7H2,1H3. The van der Waals surface area contributed by atoms with E-state index in [0.29, 0.717) is 27.8 Å². The minimum absolute atomic E-state index is 0.151. The topological polar surface area (TPSA) is 63.7 Å². The molecule has 0 radical (unpaired) electrons. The molecule has 3 rings (SSSR count). The SMILES string of the molecule is COc1ccccc1-c1nc2cc(Cl)cnc2n1CC#N. The van der Waals surface area contributed by atoms with Crippen LogP contribution >= 0.6 is 11.6 Å². The van der Waals surface area contributed by atoms with Crippen LogP contribution in [0.15, 0.2) is 36.5 Å². The molecule has 0 aliphatic carbocycles. The zero-order valence-electron chi connectivity index (χ0n) is 11.2. The van der Waals surface area contributed by atoms with Crippen LogP contribution in [0.5, 0.6) is 5.75 Å². The predicted octanol–water partition coefficient (Wildman–Crippen LogP) is 3.28. The molecule has 0 unspecified atom stereocenters. The maximum absolute atomic E-state index is 9.07. The van der Waals surface area contributed by atoms with E-state index in [2.05, 4.69) is 16.0 Å². The van der Waals surface area contributed by atoms with Crippen LogP contribution in [0, 0.1) is 11.3 Å². The van der Waals surface area contributed by atoms with Crippen molar-refractivity contribution in [2.45, 2.75) is 6.54 Å². The Kier molecular flexibility index (Phi) is 3.46. The van der Waals surface area contributed by atoms with Crippen LogP contribution in [0.3, 0.4) is 0 Å². The van der Waals surface area contributed by atoms with E-state index in [1.54, 1.807) is 23.9 Å². The summed E-state index contributed by atoms with van der Waals surface area (Å²) in [5.74, 6) is 1.33. The van der Waals surface area contributed by atoms with Gasteiger partial charge in [0.25, 0.3) is 0 Å². The summed E-state index contributed by atoms with van der Waals surface area (Å²) in [6, 6.07) is 11.4. The highest BCUT2D eigenvalue weighted by atomic mass is 35.5. The molecule has 0 saturated heterocycles. The molecule has 0 bridgehead atoms. The van der Waals surface area contributed by atoms with Gasteiger partial charge in [0.05, 0.1) is 23.8 Å². The summed E-state index contributed by atoms with van der Waals surface area (Å²) in [6.07, 6.45) is 1.55. The number of hydrogen-bond donors (Lipinski definition) is 0. The monoisotopic (exact) mass is 298 g/mol. The van der Waals surface area contributed by atoms with Crippen molar-refractivity contribution in [1.29, 1.82) is 5.26 Å². The number of nitriles is 1. The number of fused-ring (bicyclic) bond motifs is 1. The first kappa shape index (κ1) is 13.4. The molecule has 0 amide bonds. The highest BCUT2D eigenvalue weighted by molar-refractivity contribution is 6.31. The molecular weight excluding hydrogens is 288 g/mol. The summed E-state index contributed by atoms with van der Waals surface area (Å²) >= 11 is 5.96. The molecule has 3 aromatic rings. The highest BCUT2D eigenvalue weighted by Crippen LogP contribution is 2.31. The van der Waals surface area contributed by atoms with E-state index in [0.717, 1.165) is 5.56 Å². The van der Waals surface area contributed by atoms with Crippen LogP contribution in [0.1, 0.15) is 0 Å². The van der Waals surface area contributed by atoms with Crippen LogP contribution in [-0.4, -0.2) is 21.6 Å². The Labute approximate surface area is 126 Å². The fraction of sp³-hybridized carbons (Fsp3) is 0.133. The van der Waals surface area contributed by atoms with Crippen molar-refractivity contribution in [3.63, 3.8) is 0 Å². The number of ether oxygens (including phenoxy) is 1.